The van der Waals surface area contributed by atoms with E-state index >= 15 is 0 Å². The minimum absolute atomic E-state index is 0.201. The van der Waals surface area contributed by atoms with E-state index in [4.69, 9.17) is 38.4 Å². The van der Waals surface area contributed by atoms with Gasteiger partial charge in [0.25, 0.3) is 5.91 Å². The van der Waals surface area contributed by atoms with Crippen LogP contribution in [0.4, 0.5) is 0 Å². The van der Waals surface area contributed by atoms with Gasteiger partial charge in [-0.15, -0.1) is 0 Å². The van der Waals surface area contributed by atoms with E-state index in [0.29, 0.717) is 36.6 Å². The zero-order valence-corrected chi connectivity index (χ0v) is 19.5. The number of para-hydroxylation sites is 1. The summed E-state index contributed by atoms with van der Waals surface area (Å²) in [5, 5.41) is 2.90. The lowest BCUT2D eigenvalue weighted by molar-refractivity contribution is -0.135. The van der Waals surface area contributed by atoms with E-state index in [1.165, 1.54) is 4.90 Å². The van der Waals surface area contributed by atoms with Crippen LogP contribution in [0.1, 0.15) is 31.5 Å². The molecular formula is C23H29Cl2N3O4. The highest BCUT2D eigenvalue weighted by Gasteiger charge is 2.30. The summed E-state index contributed by atoms with van der Waals surface area (Å²) in [5.74, 6) is 0.558. The van der Waals surface area contributed by atoms with E-state index in [9.17, 15) is 9.59 Å². The van der Waals surface area contributed by atoms with Crippen molar-refractivity contribution >= 4 is 35.0 Å². The van der Waals surface area contributed by atoms with Gasteiger partial charge in [0.1, 0.15) is 17.7 Å². The van der Waals surface area contributed by atoms with Gasteiger partial charge < -0.3 is 25.4 Å². The maximum absolute atomic E-state index is 12.8. The molecule has 2 rings (SSSR count). The average molecular weight is 482 g/mol. The SMILES string of the molecule is CCOCCN(C(=O)C(Cl)Cl)C(NC(=O)CCCN)c1ccc(Oc2ccccc2)cc1. The third-order valence-corrected chi connectivity index (χ3v) is 4.92. The van der Waals surface area contributed by atoms with Gasteiger partial charge in [-0.3, -0.25) is 9.59 Å². The third kappa shape index (κ3) is 8.31. The van der Waals surface area contributed by atoms with Crippen molar-refractivity contribution in [3.8, 4) is 11.5 Å². The van der Waals surface area contributed by atoms with Crippen LogP contribution in [0.3, 0.4) is 0 Å². The molecular weight excluding hydrogens is 453 g/mol. The minimum Gasteiger partial charge on any atom is -0.457 e. The Morgan fingerprint density at radius 3 is 2.31 bits per heavy atom. The van der Waals surface area contributed by atoms with E-state index < -0.39 is 16.9 Å². The van der Waals surface area contributed by atoms with Gasteiger partial charge in [0.15, 0.2) is 4.84 Å². The summed E-state index contributed by atoms with van der Waals surface area (Å²) < 4.78 is 11.2. The van der Waals surface area contributed by atoms with Gasteiger partial charge in [-0.25, -0.2) is 0 Å². The fraction of sp³-hybridized carbons (Fsp3) is 0.391. The Labute approximate surface area is 198 Å². The summed E-state index contributed by atoms with van der Waals surface area (Å²) in [7, 11) is 0. The highest BCUT2D eigenvalue weighted by molar-refractivity contribution is 6.53. The molecule has 174 valence electrons. The number of halogens is 2. The number of benzene rings is 2. The lowest BCUT2D eigenvalue weighted by Gasteiger charge is -2.33. The average Bonchev–Trinajstić information content (AvgIpc) is 2.80. The van der Waals surface area contributed by atoms with Crippen molar-refractivity contribution in [3.63, 3.8) is 0 Å². The quantitative estimate of drug-likeness (QED) is 0.256. The van der Waals surface area contributed by atoms with Gasteiger partial charge >= 0.3 is 0 Å². The molecule has 2 aromatic carbocycles. The molecule has 2 amide bonds. The van der Waals surface area contributed by atoms with Crippen LogP contribution in [-0.4, -0.2) is 47.9 Å². The summed E-state index contributed by atoms with van der Waals surface area (Å²) in [6.07, 6.45) is -0.0110. The van der Waals surface area contributed by atoms with E-state index in [0.717, 1.165) is 0 Å². The van der Waals surface area contributed by atoms with Gasteiger partial charge in [-0.1, -0.05) is 53.5 Å². The third-order valence-electron chi connectivity index (χ3n) is 4.54. The number of alkyl halides is 2. The van der Waals surface area contributed by atoms with Crippen LogP contribution in [-0.2, 0) is 14.3 Å². The van der Waals surface area contributed by atoms with Crippen molar-refractivity contribution in [2.24, 2.45) is 5.73 Å². The summed E-state index contributed by atoms with van der Waals surface area (Å²) in [4.78, 5) is 25.4. The molecule has 0 radical (unpaired) electrons. The first kappa shape index (κ1) is 25.9. The molecule has 2 aromatic rings. The molecule has 0 saturated heterocycles. The first-order valence-corrected chi connectivity index (χ1v) is 11.3. The monoisotopic (exact) mass is 481 g/mol. The Morgan fingerprint density at radius 1 is 1.06 bits per heavy atom. The van der Waals surface area contributed by atoms with E-state index in [2.05, 4.69) is 5.32 Å². The molecule has 9 heteroatoms. The molecule has 1 unspecified atom stereocenters. The van der Waals surface area contributed by atoms with Crippen LogP contribution < -0.4 is 15.8 Å². The number of hydrogen-bond acceptors (Lipinski definition) is 5. The van der Waals surface area contributed by atoms with Crippen molar-refractivity contribution in [1.29, 1.82) is 0 Å². The van der Waals surface area contributed by atoms with Crippen LogP contribution in [0.5, 0.6) is 11.5 Å². The zero-order valence-electron chi connectivity index (χ0n) is 18.0. The number of rotatable bonds is 13. The van der Waals surface area contributed by atoms with Gasteiger partial charge in [-0.2, -0.15) is 0 Å². The predicted molar refractivity (Wildman–Crippen MR) is 126 cm³/mol. The molecule has 0 heterocycles. The highest BCUT2D eigenvalue weighted by Crippen LogP contribution is 2.26. The van der Waals surface area contributed by atoms with Gasteiger partial charge in [0, 0.05) is 19.6 Å². The molecule has 0 fully saturated rings. The lowest BCUT2D eigenvalue weighted by Crippen LogP contribution is -2.47. The molecule has 0 bridgehead atoms. The number of amides is 2. The molecule has 32 heavy (non-hydrogen) atoms. The molecule has 0 aromatic heterocycles. The van der Waals surface area contributed by atoms with Crippen molar-refractivity contribution in [1.82, 2.24) is 10.2 Å². The molecule has 0 aliphatic rings. The second kappa shape index (κ2) is 14.0. The number of ether oxygens (including phenoxy) is 2. The number of carbonyl (C=O) groups excluding carboxylic acids is 2. The van der Waals surface area contributed by atoms with E-state index in [1.54, 1.807) is 24.3 Å². The number of nitrogens with zero attached hydrogens (tertiary/aromatic N) is 1. The second-order valence-electron chi connectivity index (χ2n) is 6.88. The van der Waals surface area contributed by atoms with Gasteiger partial charge in [0.2, 0.25) is 5.91 Å². The molecule has 0 aliphatic carbocycles. The molecule has 3 N–H and O–H groups in total. The number of nitrogens with two attached hydrogens (primary N) is 1. The molecule has 0 aliphatic heterocycles. The van der Waals surface area contributed by atoms with E-state index in [-0.39, 0.29) is 25.5 Å². The van der Waals surface area contributed by atoms with Crippen LogP contribution >= 0.6 is 23.2 Å². The Bertz CT molecular complexity index is 835. The molecule has 0 spiro atoms. The number of carbonyl (C=O) groups is 2. The summed E-state index contributed by atoms with van der Waals surface area (Å²) >= 11 is 11.8. The Hall–Kier alpha value is -2.32. The highest BCUT2D eigenvalue weighted by atomic mass is 35.5. The molecule has 0 saturated carbocycles. The first-order chi connectivity index (χ1) is 15.5. The second-order valence-corrected chi connectivity index (χ2v) is 7.97. The van der Waals surface area contributed by atoms with Gasteiger partial charge in [0.05, 0.1) is 6.61 Å². The fourth-order valence-electron chi connectivity index (χ4n) is 2.97. The Balaban J connectivity index is 2.28. The van der Waals surface area contributed by atoms with Crippen LogP contribution in [0.2, 0.25) is 0 Å². The normalized spacial score (nSPS) is 11.8. The fourth-order valence-corrected chi connectivity index (χ4v) is 3.22. The zero-order chi connectivity index (χ0) is 23.3. The van der Waals surface area contributed by atoms with Crippen molar-refractivity contribution in [2.75, 3.05) is 26.3 Å². The van der Waals surface area contributed by atoms with Crippen LogP contribution in [0.15, 0.2) is 54.6 Å². The summed E-state index contributed by atoms with van der Waals surface area (Å²) in [6, 6.07) is 16.5. The topological polar surface area (TPSA) is 93.9 Å². The Kier molecular flexibility index (Phi) is 11.3. The van der Waals surface area contributed by atoms with Gasteiger partial charge in [-0.05, 0) is 49.7 Å². The van der Waals surface area contributed by atoms with Crippen LogP contribution in [0, 0.1) is 0 Å². The van der Waals surface area contributed by atoms with Crippen LogP contribution in [0.25, 0.3) is 0 Å². The predicted octanol–water partition coefficient (Wildman–Crippen LogP) is 4.00. The van der Waals surface area contributed by atoms with E-state index in [1.807, 2.05) is 37.3 Å². The van der Waals surface area contributed by atoms with Crippen molar-refractivity contribution < 1.29 is 19.1 Å². The summed E-state index contributed by atoms with van der Waals surface area (Å²) in [6.45, 7) is 3.21. The lowest BCUT2D eigenvalue weighted by atomic mass is 10.1. The largest absolute Gasteiger partial charge is 0.457 e. The maximum atomic E-state index is 12.8. The smallest absolute Gasteiger partial charge is 0.257 e. The number of hydrogen-bond donors (Lipinski definition) is 2. The molecule has 7 nitrogen and oxygen atoms in total. The molecule has 1 atom stereocenters. The minimum atomic E-state index is -1.28. The number of nitrogens with one attached hydrogen (secondary N) is 1. The maximum Gasteiger partial charge on any atom is 0.257 e. The Morgan fingerprint density at radius 2 is 1.72 bits per heavy atom. The summed E-state index contributed by atoms with van der Waals surface area (Å²) in [5.41, 5.74) is 6.19. The van der Waals surface area contributed by atoms with Crippen molar-refractivity contribution in [3.05, 3.63) is 60.2 Å². The van der Waals surface area contributed by atoms with Crippen molar-refractivity contribution in [2.45, 2.75) is 30.8 Å². The standard InChI is InChI=1S/C23H29Cl2N3O4/c1-2-31-16-15-28(23(30)21(24)25)22(27-20(29)9-6-14-26)17-10-12-19(13-11-17)32-18-7-4-3-5-8-18/h3-5,7-8,10-13,21-22H,2,6,9,14-16,26H2,1H3,(H,27,29). The first-order valence-electron chi connectivity index (χ1n) is 10.4.